The van der Waals surface area contributed by atoms with Crippen LogP contribution < -0.4 is 0 Å². The molecule has 0 aliphatic carbocycles. The first-order valence-electron chi connectivity index (χ1n) is 4.97. The van der Waals surface area contributed by atoms with E-state index in [4.69, 9.17) is 0 Å². The predicted octanol–water partition coefficient (Wildman–Crippen LogP) is 4.23. The molecule has 0 amide bonds. The van der Waals surface area contributed by atoms with Crippen molar-refractivity contribution < 1.29 is 0 Å². The molecule has 0 aromatic rings. The average Bonchev–Trinajstić information content (AvgIpc) is 2.24. The van der Waals surface area contributed by atoms with E-state index in [2.05, 4.69) is 60.5 Å². The van der Waals surface area contributed by atoms with Gasteiger partial charge in [0.2, 0.25) is 0 Å². The summed E-state index contributed by atoms with van der Waals surface area (Å²) < 4.78 is 1.65. The number of thiol groups is 2. The van der Waals surface area contributed by atoms with Gasteiger partial charge in [-0.15, -0.1) is 35.3 Å². The molecule has 1 aliphatic heterocycles. The predicted molar refractivity (Wildman–Crippen MR) is 81.4 cm³/mol. The second kappa shape index (κ2) is 8.85. The Hall–Kier alpha value is 1.75. The molecule has 2 atom stereocenters. The van der Waals surface area contributed by atoms with Crippen LogP contribution in [0.4, 0.5) is 0 Å². The monoisotopic (exact) mass is 286 g/mol. The first-order chi connectivity index (χ1) is 6.86. The van der Waals surface area contributed by atoms with Gasteiger partial charge in [0.25, 0.3) is 0 Å². The van der Waals surface area contributed by atoms with Crippen molar-refractivity contribution in [3.63, 3.8) is 0 Å². The van der Waals surface area contributed by atoms with Crippen molar-refractivity contribution in [2.75, 3.05) is 16.6 Å². The molecule has 0 radical (unpaired) electrons. The fraction of sp³-hybridized carbons (Fsp3) is 1.00. The normalized spacial score (nSPS) is 27.9. The lowest BCUT2D eigenvalue weighted by molar-refractivity contribution is 0.858. The highest BCUT2D eigenvalue weighted by molar-refractivity contribution is 8.33. The molecule has 0 N–H and O–H groups in total. The Kier molecular flexibility index (Phi) is 8.73. The fourth-order valence-electron chi connectivity index (χ4n) is 1.26. The Morgan fingerprint density at radius 3 is 1.86 bits per heavy atom. The summed E-state index contributed by atoms with van der Waals surface area (Å²) >= 11 is 14.9. The van der Waals surface area contributed by atoms with Gasteiger partial charge in [-0.25, -0.2) is 0 Å². The molecule has 2 unspecified atom stereocenters. The molecule has 1 aliphatic rings. The zero-order valence-electron chi connectivity index (χ0n) is 8.22. The molecule has 1 fully saturated rings. The molecule has 0 aromatic carbocycles. The van der Waals surface area contributed by atoms with E-state index in [1.807, 2.05) is 0 Å². The topological polar surface area (TPSA) is 0 Å². The van der Waals surface area contributed by atoms with E-state index in [-0.39, 0.29) is 0 Å². The molecule has 0 saturated carbocycles. The van der Waals surface area contributed by atoms with E-state index in [1.54, 1.807) is 0 Å². The SMILES string of the molecule is SCCCC1SCSC(CCCS)S1. The second-order valence-electron chi connectivity index (χ2n) is 3.18. The van der Waals surface area contributed by atoms with Gasteiger partial charge in [-0.1, -0.05) is 0 Å². The summed E-state index contributed by atoms with van der Waals surface area (Å²) in [5, 5.41) is 1.28. The maximum atomic E-state index is 4.27. The van der Waals surface area contributed by atoms with Crippen molar-refractivity contribution in [2.24, 2.45) is 0 Å². The van der Waals surface area contributed by atoms with E-state index in [0.717, 1.165) is 20.7 Å². The summed E-state index contributed by atoms with van der Waals surface area (Å²) in [4.78, 5) is 0. The number of thioether (sulfide) groups is 3. The highest BCUT2D eigenvalue weighted by Gasteiger charge is 2.22. The van der Waals surface area contributed by atoms with E-state index < -0.39 is 0 Å². The Labute approximate surface area is 111 Å². The molecule has 1 rings (SSSR count). The van der Waals surface area contributed by atoms with Crippen LogP contribution in [-0.4, -0.2) is 25.8 Å². The number of hydrogen-bond acceptors (Lipinski definition) is 5. The highest BCUT2D eigenvalue weighted by atomic mass is 32.3. The van der Waals surface area contributed by atoms with Crippen LogP contribution in [0, 0.1) is 0 Å². The van der Waals surface area contributed by atoms with Gasteiger partial charge in [0.05, 0.1) is 9.16 Å². The van der Waals surface area contributed by atoms with Crippen molar-refractivity contribution in [3.8, 4) is 0 Å². The van der Waals surface area contributed by atoms with Gasteiger partial charge >= 0.3 is 0 Å². The molecule has 0 bridgehead atoms. The van der Waals surface area contributed by atoms with Gasteiger partial charge in [0.15, 0.2) is 0 Å². The summed E-state index contributed by atoms with van der Waals surface area (Å²) in [6, 6.07) is 0. The van der Waals surface area contributed by atoms with Crippen molar-refractivity contribution in [1.82, 2.24) is 0 Å². The molecule has 1 heterocycles. The zero-order valence-corrected chi connectivity index (χ0v) is 12.5. The molecule has 14 heavy (non-hydrogen) atoms. The maximum absolute atomic E-state index is 4.27. The van der Waals surface area contributed by atoms with Gasteiger partial charge in [-0.3, -0.25) is 0 Å². The van der Waals surface area contributed by atoms with Crippen molar-refractivity contribution >= 4 is 60.5 Å². The molecule has 0 nitrogen and oxygen atoms in total. The van der Waals surface area contributed by atoms with E-state index in [1.165, 1.54) is 30.8 Å². The summed E-state index contributed by atoms with van der Waals surface area (Å²) in [6.45, 7) is 0. The third-order valence-corrected chi connectivity index (χ3v) is 7.51. The van der Waals surface area contributed by atoms with Gasteiger partial charge in [0.1, 0.15) is 0 Å². The Balaban J connectivity index is 2.14. The van der Waals surface area contributed by atoms with E-state index >= 15 is 0 Å². The molecule has 84 valence electrons. The summed E-state index contributed by atoms with van der Waals surface area (Å²) in [5.74, 6) is 2.07. The Morgan fingerprint density at radius 1 is 0.929 bits per heavy atom. The quantitative estimate of drug-likeness (QED) is 0.702. The minimum Gasteiger partial charge on any atom is -0.179 e. The molecule has 0 spiro atoms. The largest absolute Gasteiger partial charge is 0.179 e. The number of rotatable bonds is 6. The van der Waals surface area contributed by atoms with E-state index in [9.17, 15) is 0 Å². The van der Waals surface area contributed by atoms with Crippen LogP contribution in [0.25, 0.3) is 0 Å². The highest BCUT2D eigenvalue weighted by Crippen LogP contribution is 2.45. The number of hydrogen-bond donors (Lipinski definition) is 2. The van der Waals surface area contributed by atoms with Crippen LogP contribution >= 0.6 is 60.5 Å². The third kappa shape index (κ3) is 5.73. The van der Waals surface area contributed by atoms with Crippen LogP contribution in [0.1, 0.15) is 25.7 Å². The fourth-order valence-corrected chi connectivity index (χ4v) is 7.41. The van der Waals surface area contributed by atoms with Crippen LogP contribution in [-0.2, 0) is 0 Å². The second-order valence-corrected chi connectivity index (χ2v) is 8.83. The average molecular weight is 287 g/mol. The van der Waals surface area contributed by atoms with Crippen LogP contribution in [0.15, 0.2) is 0 Å². The lowest BCUT2D eigenvalue weighted by Crippen LogP contribution is -2.12. The minimum absolute atomic E-state index is 0.827. The smallest absolute Gasteiger partial charge is 0.0522 e. The summed E-state index contributed by atoms with van der Waals surface area (Å²) in [5.41, 5.74) is 0. The molecule has 5 heteroatoms. The van der Waals surface area contributed by atoms with Gasteiger partial charge in [-0.2, -0.15) is 25.3 Å². The lowest BCUT2D eigenvalue weighted by Gasteiger charge is -2.27. The first kappa shape index (κ1) is 13.8. The van der Waals surface area contributed by atoms with Gasteiger partial charge in [0, 0.05) is 5.08 Å². The van der Waals surface area contributed by atoms with Crippen LogP contribution in [0.2, 0.25) is 0 Å². The lowest BCUT2D eigenvalue weighted by atomic mass is 10.4. The van der Waals surface area contributed by atoms with Crippen molar-refractivity contribution in [3.05, 3.63) is 0 Å². The van der Waals surface area contributed by atoms with Gasteiger partial charge in [-0.05, 0) is 37.2 Å². The third-order valence-electron chi connectivity index (χ3n) is 2.01. The standard InChI is InChI=1S/C9H18S5/c10-5-1-3-8-12-7-13-9(14-8)4-2-6-11/h8-11H,1-7H2. The maximum Gasteiger partial charge on any atom is 0.0522 e. The van der Waals surface area contributed by atoms with Crippen LogP contribution in [0.5, 0.6) is 0 Å². The Bertz CT molecular complexity index is 127. The Morgan fingerprint density at radius 2 is 1.43 bits per heavy atom. The van der Waals surface area contributed by atoms with Gasteiger partial charge < -0.3 is 0 Å². The molecular formula is C9H18S5. The molecule has 0 aromatic heterocycles. The summed E-state index contributed by atoms with van der Waals surface area (Å²) in [7, 11) is 0. The molecular weight excluding hydrogens is 268 g/mol. The minimum atomic E-state index is 0.827. The van der Waals surface area contributed by atoms with Crippen molar-refractivity contribution in [2.45, 2.75) is 34.8 Å². The first-order valence-corrected chi connectivity index (χ1v) is 9.27. The molecule has 1 saturated heterocycles. The van der Waals surface area contributed by atoms with E-state index in [0.29, 0.717) is 0 Å². The summed E-state index contributed by atoms with van der Waals surface area (Å²) in [6.07, 6.45) is 5.18. The van der Waals surface area contributed by atoms with Crippen LogP contribution in [0.3, 0.4) is 0 Å². The van der Waals surface area contributed by atoms with Crippen molar-refractivity contribution in [1.29, 1.82) is 0 Å². The zero-order chi connectivity index (χ0) is 10.2.